The number of nitrogens with one attached hydrogen (secondary N) is 2. The maximum atomic E-state index is 14.2. The van der Waals surface area contributed by atoms with Gasteiger partial charge in [-0.1, -0.05) is 43.2 Å². The van der Waals surface area contributed by atoms with Crippen molar-refractivity contribution in [2.75, 3.05) is 16.4 Å². The van der Waals surface area contributed by atoms with E-state index in [4.69, 9.17) is 40.5 Å². The number of hydrogen-bond acceptors (Lipinski definition) is 3. The molecule has 0 spiro atoms. The normalized spacial score (nSPS) is 19.9. The van der Waals surface area contributed by atoms with Crippen LogP contribution in [0, 0.1) is 17.6 Å². The minimum atomic E-state index is -9.89. The predicted octanol–water partition coefficient (Wildman–Crippen LogP) is 8.64. The average Bonchev–Trinajstić information content (AvgIpc) is 3.41. The molecule has 210 valence electrons. The predicted molar refractivity (Wildman–Crippen MR) is 137 cm³/mol. The fraction of sp³-hybridized carbons (Fsp3) is 0.130. The summed E-state index contributed by atoms with van der Waals surface area (Å²) in [7, 11) is -9.89. The number of carbonyl (C=O) groups is 2. The molecule has 2 atom stereocenters. The van der Waals surface area contributed by atoms with Crippen LogP contribution in [0.15, 0.2) is 59.5 Å². The summed E-state index contributed by atoms with van der Waals surface area (Å²) in [6, 6.07) is 7.35. The summed E-state index contributed by atoms with van der Waals surface area (Å²) in [6.45, 7) is 0. The Balaban J connectivity index is 1.51. The minimum absolute atomic E-state index is 0.0136. The summed E-state index contributed by atoms with van der Waals surface area (Å²) in [6.07, 6.45) is 0. The Kier molecular flexibility index (Phi) is 6.58. The highest BCUT2D eigenvalue weighted by Gasteiger charge is 2.68. The maximum absolute atomic E-state index is 14.2. The Morgan fingerprint density at radius 1 is 0.897 bits per heavy atom. The highest BCUT2D eigenvalue weighted by atomic mass is 35.5. The van der Waals surface area contributed by atoms with Crippen LogP contribution in [0.5, 0.6) is 0 Å². The average molecular weight is 637 g/mol. The third kappa shape index (κ3) is 5.86. The van der Waals surface area contributed by atoms with Crippen molar-refractivity contribution in [2.24, 2.45) is 5.92 Å². The SMILES string of the molecule is Nc1c(F)ccc(NC(=O)c2cc(NC(=O)C3C(c4ccc(S(F)(F)(F)(F)F)cc4)C3(Cl)Cl)ccc2Cl)c1F. The largest absolute Gasteiger partial charge is 0.394 e. The topological polar surface area (TPSA) is 84.2 Å². The summed E-state index contributed by atoms with van der Waals surface area (Å²) in [5.74, 6) is -6.20. The van der Waals surface area contributed by atoms with Gasteiger partial charge in [-0.25, -0.2) is 8.78 Å². The number of benzene rings is 3. The van der Waals surface area contributed by atoms with Crippen molar-refractivity contribution in [1.29, 1.82) is 0 Å². The van der Waals surface area contributed by atoms with E-state index in [1.807, 2.05) is 0 Å². The lowest BCUT2D eigenvalue weighted by molar-refractivity contribution is -0.117. The van der Waals surface area contributed by atoms with Crippen molar-refractivity contribution in [3.8, 4) is 0 Å². The molecule has 0 aliphatic heterocycles. The van der Waals surface area contributed by atoms with Gasteiger partial charge in [-0.15, -0.1) is 23.2 Å². The number of hydrogen-bond donors (Lipinski definition) is 3. The first kappa shape index (κ1) is 29.1. The van der Waals surface area contributed by atoms with Crippen LogP contribution in [0.2, 0.25) is 5.02 Å². The van der Waals surface area contributed by atoms with E-state index in [1.165, 1.54) is 12.1 Å². The summed E-state index contributed by atoms with van der Waals surface area (Å²) in [4.78, 5) is 23.4. The molecule has 3 aromatic rings. The standard InChI is InChI=1S/C23H15Cl3F7N3O2S/c24-14-6-3-11(9-13(14)21(37)36-16-8-7-15(27)20(34)19(16)28)35-22(38)18-17(23(18,25)26)10-1-4-12(5-2-10)39(29,30,31,32)33/h1-9,17-18H,34H2,(H,35,38)(H,36,37). The van der Waals surface area contributed by atoms with E-state index >= 15 is 0 Å². The fourth-order valence-corrected chi connectivity index (χ4v) is 5.53. The molecule has 1 aliphatic rings. The number of nitrogen functional groups attached to an aromatic ring is 1. The van der Waals surface area contributed by atoms with Crippen LogP contribution < -0.4 is 16.4 Å². The van der Waals surface area contributed by atoms with E-state index in [-0.39, 0.29) is 34.0 Å². The molecule has 4 rings (SSSR count). The van der Waals surface area contributed by atoms with Gasteiger partial charge in [0.2, 0.25) is 5.91 Å². The molecule has 39 heavy (non-hydrogen) atoms. The molecule has 0 saturated heterocycles. The van der Waals surface area contributed by atoms with Crippen LogP contribution in [-0.4, -0.2) is 16.1 Å². The van der Waals surface area contributed by atoms with Crippen LogP contribution in [0.1, 0.15) is 21.8 Å². The summed E-state index contributed by atoms with van der Waals surface area (Å²) in [5, 5.41) is 4.52. The molecule has 0 bridgehead atoms. The van der Waals surface area contributed by atoms with Gasteiger partial charge in [-0.3, -0.25) is 9.59 Å². The monoisotopic (exact) mass is 635 g/mol. The van der Waals surface area contributed by atoms with Crippen LogP contribution in [0.25, 0.3) is 0 Å². The molecule has 16 heteroatoms. The van der Waals surface area contributed by atoms with Crippen molar-refractivity contribution in [3.63, 3.8) is 0 Å². The van der Waals surface area contributed by atoms with Gasteiger partial charge in [0.05, 0.1) is 22.2 Å². The van der Waals surface area contributed by atoms with E-state index in [0.717, 1.165) is 30.3 Å². The molecule has 1 saturated carbocycles. The molecule has 0 radical (unpaired) electrons. The Morgan fingerprint density at radius 2 is 1.51 bits per heavy atom. The van der Waals surface area contributed by atoms with Gasteiger partial charge in [-0.2, -0.15) is 0 Å². The molecule has 1 aliphatic carbocycles. The first-order valence-corrected chi connectivity index (χ1v) is 13.7. The zero-order chi connectivity index (χ0) is 29.2. The fourth-order valence-electron chi connectivity index (χ4n) is 3.85. The van der Waals surface area contributed by atoms with Gasteiger partial charge in [-0.05, 0) is 48.0 Å². The lowest BCUT2D eigenvalue weighted by Gasteiger charge is -2.40. The van der Waals surface area contributed by atoms with Crippen molar-refractivity contribution >= 4 is 73.9 Å². The molecule has 0 aromatic heterocycles. The Hall–Kier alpha value is -2.87. The quantitative estimate of drug-likeness (QED) is 0.144. The molecular weight excluding hydrogens is 622 g/mol. The van der Waals surface area contributed by atoms with Gasteiger partial charge >= 0.3 is 10.2 Å². The highest BCUT2D eigenvalue weighted by Crippen LogP contribution is 3.02. The van der Waals surface area contributed by atoms with E-state index in [2.05, 4.69) is 10.6 Å². The van der Waals surface area contributed by atoms with Gasteiger partial charge < -0.3 is 16.4 Å². The van der Waals surface area contributed by atoms with Gasteiger partial charge in [0, 0.05) is 11.6 Å². The van der Waals surface area contributed by atoms with Crippen LogP contribution in [-0.2, 0) is 4.79 Å². The molecule has 0 heterocycles. The van der Waals surface area contributed by atoms with Gasteiger partial charge in [0.1, 0.15) is 20.7 Å². The van der Waals surface area contributed by atoms with E-state index in [1.54, 1.807) is 0 Å². The number of carbonyl (C=O) groups excluding carboxylic acids is 2. The number of rotatable bonds is 6. The molecule has 5 nitrogen and oxygen atoms in total. The zero-order valence-corrected chi connectivity index (χ0v) is 22.0. The maximum Gasteiger partial charge on any atom is 0.310 e. The molecule has 4 N–H and O–H groups in total. The van der Waals surface area contributed by atoms with Crippen molar-refractivity contribution in [1.82, 2.24) is 0 Å². The molecule has 2 unspecified atom stereocenters. The van der Waals surface area contributed by atoms with Crippen molar-refractivity contribution in [2.45, 2.75) is 15.1 Å². The second kappa shape index (κ2) is 8.82. The number of amides is 2. The van der Waals surface area contributed by atoms with E-state index in [0.29, 0.717) is 0 Å². The highest BCUT2D eigenvalue weighted by molar-refractivity contribution is 8.45. The Morgan fingerprint density at radius 3 is 2.10 bits per heavy atom. The smallest absolute Gasteiger partial charge is 0.310 e. The summed E-state index contributed by atoms with van der Waals surface area (Å²) in [5.41, 5.74) is 3.83. The second-order valence-corrected chi connectivity index (χ2v) is 12.9. The molecule has 3 aromatic carbocycles. The molecule has 2 amide bonds. The van der Waals surface area contributed by atoms with Crippen molar-refractivity contribution < 1.29 is 37.8 Å². The molecular formula is C23H15Cl3F7N3O2S. The van der Waals surface area contributed by atoms with Gasteiger partial charge in [0.25, 0.3) is 5.91 Å². The zero-order valence-electron chi connectivity index (χ0n) is 18.9. The van der Waals surface area contributed by atoms with Crippen molar-refractivity contribution in [3.05, 3.63) is 82.4 Å². The number of anilines is 3. The van der Waals surface area contributed by atoms with E-state index in [9.17, 15) is 37.8 Å². The summed E-state index contributed by atoms with van der Waals surface area (Å²) >= 11 is 18.4. The third-order valence-electron chi connectivity index (χ3n) is 5.87. The third-order valence-corrected chi connectivity index (χ3v) is 8.31. The number of nitrogens with two attached hydrogens (primary N) is 1. The first-order chi connectivity index (χ1) is 17.7. The number of halogens is 10. The second-order valence-electron chi connectivity index (χ2n) is 8.63. The molecule has 1 fully saturated rings. The van der Waals surface area contributed by atoms with Crippen LogP contribution in [0.4, 0.5) is 45.3 Å². The lowest BCUT2D eigenvalue weighted by Crippen LogP contribution is -2.18. The van der Waals surface area contributed by atoms with Crippen LogP contribution >= 0.6 is 45.0 Å². The first-order valence-electron chi connectivity index (χ1n) is 10.6. The Bertz CT molecular complexity index is 1520. The lowest BCUT2D eigenvalue weighted by atomic mass is 10.1. The van der Waals surface area contributed by atoms with Gasteiger partial charge in [0.15, 0.2) is 5.82 Å². The van der Waals surface area contributed by atoms with E-state index < -0.39 is 66.1 Å². The minimum Gasteiger partial charge on any atom is -0.394 e. The van der Waals surface area contributed by atoms with Crippen LogP contribution in [0.3, 0.4) is 0 Å². The number of alkyl halides is 2. The Labute approximate surface area is 231 Å². The summed E-state index contributed by atoms with van der Waals surface area (Å²) < 4.78 is 90.8.